The zero-order valence-corrected chi connectivity index (χ0v) is 63.5. The Hall–Kier alpha value is -8.59. The summed E-state index contributed by atoms with van der Waals surface area (Å²) in [6.45, 7) is 11.8. The second-order valence-electron chi connectivity index (χ2n) is 25.0. The number of hydrogen-bond donors (Lipinski definition) is 0. The Morgan fingerprint density at radius 3 is 0.784 bits per heavy atom. The summed E-state index contributed by atoms with van der Waals surface area (Å²) >= 11 is 6.67. The van der Waals surface area contributed by atoms with Crippen molar-refractivity contribution in [1.29, 1.82) is 0 Å². The van der Waals surface area contributed by atoms with E-state index in [2.05, 4.69) is 425 Å². The number of nitrogens with zero attached hydrogens (tertiary/aromatic N) is 1. The van der Waals surface area contributed by atoms with Gasteiger partial charge in [-0.15, -0.1) is 0 Å². The van der Waals surface area contributed by atoms with Crippen LogP contribution in [-0.2, 0) is 38.3 Å². The van der Waals surface area contributed by atoms with Crippen molar-refractivity contribution in [2.45, 2.75) is 38.5 Å². The van der Waals surface area contributed by atoms with Crippen molar-refractivity contribution in [3.8, 4) is 0 Å². The molecule has 0 unspecified atom stereocenters. The molecule has 0 spiro atoms. The molecule has 0 saturated carbocycles. The van der Waals surface area contributed by atoms with Gasteiger partial charge >= 0.3 is 0 Å². The normalized spacial score (nSPS) is 14.1. The topological polar surface area (TPSA) is 12.5 Å². The Labute approximate surface area is 629 Å². The van der Waals surface area contributed by atoms with E-state index in [1.807, 2.05) is 6.92 Å². The van der Waals surface area contributed by atoms with Crippen LogP contribution in [0.3, 0.4) is 0 Å². The van der Waals surface area contributed by atoms with E-state index in [9.17, 15) is 0 Å². The number of ether oxygens (including phenoxy) is 1. The molecule has 14 aromatic rings. The van der Waals surface area contributed by atoms with Gasteiger partial charge in [-0.25, -0.2) is 0 Å². The summed E-state index contributed by atoms with van der Waals surface area (Å²) in [6.07, 6.45) is 0. The molecule has 2 aliphatic rings. The molecule has 0 aromatic heterocycles. The molecule has 0 radical (unpaired) electrons. The molecule has 2 aliphatic heterocycles. The van der Waals surface area contributed by atoms with Crippen molar-refractivity contribution in [1.82, 2.24) is 4.90 Å². The molecule has 0 bridgehead atoms. The van der Waals surface area contributed by atoms with Gasteiger partial charge in [0.25, 0.3) is 0 Å². The van der Waals surface area contributed by atoms with Crippen LogP contribution >= 0.6 is 43.3 Å². The Kier molecular flexibility index (Phi) is 28.2. The SMILES string of the molecule is C=C(C)c1ccc2c(c1Cl)CO[C@@]1(C)CN(Cc3ccccc3)C[C@@H]21.[Pd].c1ccc(P(c2ccccc2)c2ccccc2)cc1.c1ccc(P(c2ccccc2)c2ccccc2)cc1.c1ccc(P(c2ccccc2)c2ccccc2)cc1.c1ccc(P(c2ccccc2)c2ccccc2)cc1. The Morgan fingerprint density at radius 2 is 0.569 bits per heavy atom. The molecule has 16 rings (SSSR count). The fourth-order valence-corrected chi connectivity index (χ4v) is 22.6. The molecule has 0 aliphatic carbocycles. The van der Waals surface area contributed by atoms with Crippen molar-refractivity contribution in [2.24, 2.45) is 0 Å². The molecule has 2 nitrogen and oxygen atoms in total. The van der Waals surface area contributed by atoms with Crippen LogP contribution < -0.4 is 63.7 Å². The molecule has 0 amide bonds. The van der Waals surface area contributed by atoms with E-state index in [-0.39, 0.29) is 26.0 Å². The summed E-state index contributed by atoms with van der Waals surface area (Å²) in [7, 11) is -1.78. The van der Waals surface area contributed by atoms with E-state index in [0.29, 0.717) is 12.5 Å². The maximum atomic E-state index is 6.67. The minimum absolute atomic E-state index is 0. The standard InChI is InChI=1S/C22H24ClNO.4C18H15P.Pd/c1-15(2)17-9-10-18-19(21(17)23)13-25-22(3)14-24(12-20(18)22)11-16-7-5-4-6-8-16;4*1-4-10-16(11-5-1)19(17-12-6-2-7-13-17)18-14-8-3-9-15-18;/h4-10,20H,1,11-14H2,2-3H3;4*1-15H;/t20-,22-;;;;;/m0...../s1. The fraction of sp³-hybridized carbons (Fsp3) is 0.0851. The minimum Gasteiger partial charge on any atom is -0.369 e. The number of halogens is 1. The van der Waals surface area contributed by atoms with Crippen molar-refractivity contribution >= 4 is 113 Å². The van der Waals surface area contributed by atoms with Gasteiger partial charge in [0.2, 0.25) is 0 Å². The monoisotopic (exact) mass is 1510 g/mol. The summed E-state index contributed by atoms with van der Waals surface area (Å²) in [5.41, 5.74) is 5.73. The first-order valence-corrected chi connectivity index (χ1v) is 40.2. The molecule has 1 saturated heterocycles. The number of rotatable bonds is 15. The van der Waals surface area contributed by atoms with E-state index >= 15 is 0 Å². The van der Waals surface area contributed by atoms with Crippen molar-refractivity contribution < 1.29 is 25.2 Å². The molecule has 2 atom stereocenters. The summed E-state index contributed by atoms with van der Waals surface area (Å²) < 4.78 is 6.34. The van der Waals surface area contributed by atoms with Crippen molar-refractivity contribution in [3.63, 3.8) is 0 Å². The van der Waals surface area contributed by atoms with Gasteiger partial charge < -0.3 is 4.74 Å². The molecular weight excluding hydrogens is 1420 g/mol. The van der Waals surface area contributed by atoms with Crippen LogP contribution in [0.5, 0.6) is 0 Å². The zero-order chi connectivity index (χ0) is 69.3. The first-order valence-electron chi connectivity index (χ1n) is 34.5. The minimum atomic E-state index is -0.446. The zero-order valence-electron chi connectivity index (χ0n) is 57.6. The summed E-state index contributed by atoms with van der Waals surface area (Å²) in [6, 6.07) is 144. The van der Waals surface area contributed by atoms with Gasteiger partial charge in [0.05, 0.1) is 17.2 Å². The van der Waals surface area contributed by atoms with E-state index < -0.39 is 31.7 Å². The van der Waals surface area contributed by atoms with Crippen LogP contribution in [-0.4, -0.2) is 23.6 Å². The first kappa shape index (κ1) is 74.6. The smallest absolute Gasteiger partial charge is 0.0866 e. The third-order valence-corrected chi connectivity index (χ3v) is 28.0. The second-order valence-corrected chi connectivity index (χ2v) is 34.2. The molecule has 1 fully saturated rings. The van der Waals surface area contributed by atoms with Gasteiger partial charge in [0, 0.05) is 51.5 Å². The van der Waals surface area contributed by atoms with E-state index in [4.69, 9.17) is 16.3 Å². The maximum Gasteiger partial charge on any atom is 0.0866 e. The Morgan fingerprint density at radius 1 is 0.353 bits per heavy atom. The number of benzene rings is 14. The molecule has 0 N–H and O–H groups in total. The van der Waals surface area contributed by atoms with Crippen LogP contribution in [0.2, 0.25) is 5.02 Å². The predicted octanol–water partition coefficient (Wildman–Crippen LogP) is 19.0. The predicted molar refractivity (Wildman–Crippen MR) is 444 cm³/mol. The van der Waals surface area contributed by atoms with E-state index in [1.165, 1.54) is 74.8 Å². The number of fused-ring (bicyclic) bond motifs is 3. The van der Waals surface area contributed by atoms with Gasteiger partial charge in [-0.05, 0) is 131 Å². The maximum absolute atomic E-state index is 6.67. The van der Waals surface area contributed by atoms with Gasteiger partial charge in [-0.1, -0.05) is 425 Å². The second kappa shape index (κ2) is 38.6. The van der Waals surface area contributed by atoms with Gasteiger partial charge in [0.15, 0.2) is 0 Å². The average Bonchev–Trinajstić information content (AvgIpc) is 1.55. The van der Waals surface area contributed by atoms with Crippen LogP contribution in [0.1, 0.15) is 42.0 Å². The number of allylic oxidation sites excluding steroid dienone is 1. The van der Waals surface area contributed by atoms with Crippen LogP contribution in [0.15, 0.2) is 413 Å². The van der Waals surface area contributed by atoms with E-state index in [0.717, 1.165) is 41.4 Å². The largest absolute Gasteiger partial charge is 0.369 e. The third kappa shape index (κ3) is 20.0. The number of likely N-dealkylation sites (tertiary alicyclic amines) is 1. The Bertz CT molecular complexity index is 3870. The van der Waals surface area contributed by atoms with Crippen molar-refractivity contribution in [2.75, 3.05) is 13.1 Å². The third-order valence-electron chi connectivity index (χ3n) is 17.8. The molecule has 14 aromatic carbocycles. The molecule has 508 valence electrons. The van der Waals surface area contributed by atoms with Crippen LogP contribution in [0.25, 0.3) is 5.57 Å². The first-order chi connectivity index (χ1) is 49.8. The van der Waals surface area contributed by atoms with Gasteiger partial charge in [0.1, 0.15) is 0 Å². The fourth-order valence-electron chi connectivity index (χ4n) is 13.0. The molecule has 8 heteroatoms. The van der Waals surface area contributed by atoms with Crippen molar-refractivity contribution in [3.05, 3.63) is 440 Å². The molecule has 2 heterocycles. The summed E-state index contributed by atoms with van der Waals surface area (Å²) in [5, 5.41) is 17.6. The quantitative estimate of drug-likeness (QED) is 0.0749. The van der Waals surface area contributed by atoms with Crippen LogP contribution in [0, 0.1) is 0 Å². The van der Waals surface area contributed by atoms with Gasteiger partial charge in [-0.3, -0.25) is 4.90 Å². The summed E-state index contributed by atoms with van der Waals surface area (Å²) in [5.74, 6) is 0.358. The molecule has 102 heavy (non-hydrogen) atoms. The molecular formula is C94H84ClNOP4Pd. The summed E-state index contributed by atoms with van der Waals surface area (Å²) in [4.78, 5) is 2.50. The van der Waals surface area contributed by atoms with Gasteiger partial charge in [-0.2, -0.15) is 0 Å². The van der Waals surface area contributed by atoms with Crippen LogP contribution in [0.4, 0.5) is 0 Å². The Balaban J connectivity index is 0.000000128. The number of hydrogen-bond acceptors (Lipinski definition) is 2. The average molecular weight is 1510 g/mol. The van der Waals surface area contributed by atoms with E-state index in [1.54, 1.807) is 0 Å².